The summed E-state index contributed by atoms with van der Waals surface area (Å²) in [5.74, 6) is 0.237. The number of tetrazole rings is 1. The van der Waals surface area contributed by atoms with Crippen LogP contribution in [0.3, 0.4) is 0 Å². The summed E-state index contributed by atoms with van der Waals surface area (Å²) in [6, 6.07) is 9.13. The van der Waals surface area contributed by atoms with Crippen molar-refractivity contribution in [3.8, 4) is 0 Å². The van der Waals surface area contributed by atoms with E-state index in [-0.39, 0.29) is 5.78 Å². The number of carbonyl (C=O) groups excluding carboxylic acids is 1. The topological polar surface area (TPSA) is 80.8 Å². The molecule has 29 heavy (non-hydrogen) atoms. The van der Waals surface area contributed by atoms with Gasteiger partial charge in [0.1, 0.15) is 0 Å². The van der Waals surface area contributed by atoms with Gasteiger partial charge in [0.05, 0.1) is 0 Å². The monoisotopic (exact) mass is 400 g/mol. The lowest BCUT2D eigenvalue weighted by Crippen LogP contribution is -2.18. The Bertz CT molecular complexity index is 646. The summed E-state index contributed by atoms with van der Waals surface area (Å²) in [7, 11) is 0. The second-order valence-corrected chi connectivity index (χ2v) is 7.66. The summed E-state index contributed by atoms with van der Waals surface area (Å²) in [5, 5.41) is 13.7. The molecule has 6 nitrogen and oxygen atoms in total. The van der Waals surface area contributed by atoms with Crippen LogP contribution < -0.4 is 0 Å². The Balaban J connectivity index is 1.58. The van der Waals surface area contributed by atoms with E-state index in [1.807, 2.05) is 18.2 Å². The zero-order valence-corrected chi connectivity index (χ0v) is 17.8. The molecule has 0 bridgehead atoms. The molecule has 1 aromatic carbocycles. The molecule has 160 valence electrons. The summed E-state index contributed by atoms with van der Waals surface area (Å²) >= 11 is 0. The van der Waals surface area contributed by atoms with E-state index in [9.17, 15) is 4.79 Å². The van der Waals surface area contributed by atoms with Gasteiger partial charge in [-0.15, -0.1) is 5.10 Å². The normalized spacial score (nSPS) is 12.2. The Kier molecular flexibility index (Phi) is 11.9. The SMILES string of the molecule is CCCCCCCCCCCCCCOC(C(=O)c1ccccc1)c1nnn[nH]1. The van der Waals surface area contributed by atoms with Gasteiger partial charge in [0, 0.05) is 12.2 Å². The molecule has 1 aromatic heterocycles. The number of hydrogen-bond donors (Lipinski definition) is 1. The molecule has 0 saturated heterocycles. The lowest BCUT2D eigenvalue weighted by atomic mass is 10.1. The fraction of sp³-hybridized carbons (Fsp3) is 0.652. The van der Waals surface area contributed by atoms with Crippen LogP contribution in [0.4, 0.5) is 0 Å². The van der Waals surface area contributed by atoms with Gasteiger partial charge < -0.3 is 4.74 Å². The second kappa shape index (κ2) is 14.9. The zero-order chi connectivity index (χ0) is 20.6. The molecule has 2 aromatic rings. The van der Waals surface area contributed by atoms with Gasteiger partial charge in [0.15, 0.2) is 17.7 Å². The maximum Gasteiger partial charge on any atom is 0.199 e. The predicted molar refractivity (Wildman–Crippen MR) is 115 cm³/mol. The number of benzene rings is 1. The molecule has 0 radical (unpaired) electrons. The highest BCUT2D eigenvalue weighted by molar-refractivity contribution is 5.99. The minimum absolute atomic E-state index is 0.122. The van der Waals surface area contributed by atoms with Gasteiger partial charge in [-0.25, -0.2) is 5.10 Å². The van der Waals surface area contributed by atoms with Crippen molar-refractivity contribution in [3.05, 3.63) is 41.7 Å². The molecule has 0 aliphatic carbocycles. The molecule has 0 aliphatic rings. The average molecular weight is 401 g/mol. The van der Waals surface area contributed by atoms with Gasteiger partial charge in [-0.2, -0.15) is 0 Å². The zero-order valence-electron chi connectivity index (χ0n) is 17.8. The average Bonchev–Trinajstić information content (AvgIpc) is 3.29. The Morgan fingerprint density at radius 3 is 2.03 bits per heavy atom. The van der Waals surface area contributed by atoms with Crippen molar-refractivity contribution >= 4 is 5.78 Å². The van der Waals surface area contributed by atoms with Crippen molar-refractivity contribution in [1.29, 1.82) is 0 Å². The fourth-order valence-corrected chi connectivity index (χ4v) is 3.45. The van der Waals surface area contributed by atoms with Crippen molar-refractivity contribution < 1.29 is 9.53 Å². The van der Waals surface area contributed by atoms with Crippen LogP contribution in [0.25, 0.3) is 0 Å². The van der Waals surface area contributed by atoms with Gasteiger partial charge in [0.25, 0.3) is 0 Å². The lowest BCUT2D eigenvalue weighted by Gasteiger charge is -2.14. The van der Waals surface area contributed by atoms with E-state index < -0.39 is 6.10 Å². The molecule has 0 spiro atoms. The fourth-order valence-electron chi connectivity index (χ4n) is 3.45. The third-order valence-electron chi connectivity index (χ3n) is 5.19. The quantitative estimate of drug-likeness (QED) is 0.266. The summed E-state index contributed by atoms with van der Waals surface area (Å²) in [4.78, 5) is 12.8. The molecule has 1 atom stereocenters. The van der Waals surface area contributed by atoms with Crippen LogP contribution >= 0.6 is 0 Å². The van der Waals surface area contributed by atoms with Crippen LogP contribution in [0.15, 0.2) is 30.3 Å². The molecule has 0 fully saturated rings. The first kappa shape index (κ1) is 23.2. The third kappa shape index (κ3) is 9.31. The minimum atomic E-state index is -0.778. The molecule has 0 amide bonds. The number of ketones is 1. The number of aromatic amines is 1. The molecule has 2 rings (SSSR count). The molecular formula is C23H36N4O2. The molecule has 1 N–H and O–H groups in total. The van der Waals surface area contributed by atoms with Crippen LogP contribution in [0.5, 0.6) is 0 Å². The van der Waals surface area contributed by atoms with Crippen molar-refractivity contribution in [2.24, 2.45) is 0 Å². The standard InChI is InChI=1S/C23H36N4O2/c1-2-3-4-5-6-7-8-9-10-11-12-16-19-29-22(23-24-26-27-25-23)21(28)20-17-14-13-15-18-20/h13-15,17-18,22H,2-12,16,19H2,1H3,(H,24,25,26,27). The molecule has 0 aliphatic heterocycles. The number of aromatic nitrogens is 4. The first-order chi connectivity index (χ1) is 14.3. The smallest absolute Gasteiger partial charge is 0.199 e. The minimum Gasteiger partial charge on any atom is -0.362 e. The number of Topliss-reactive ketones (excluding diaryl/α,β-unsaturated/α-hetero) is 1. The highest BCUT2D eigenvalue weighted by atomic mass is 16.5. The molecule has 1 unspecified atom stereocenters. The number of hydrogen-bond acceptors (Lipinski definition) is 5. The highest BCUT2D eigenvalue weighted by Gasteiger charge is 2.25. The number of nitrogens with zero attached hydrogens (tertiary/aromatic N) is 3. The summed E-state index contributed by atoms with van der Waals surface area (Å²) < 4.78 is 5.87. The Labute approximate surface area is 174 Å². The van der Waals surface area contributed by atoms with Crippen LogP contribution in [0, 0.1) is 0 Å². The van der Waals surface area contributed by atoms with Crippen LogP contribution in [-0.2, 0) is 4.74 Å². The van der Waals surface area contributed by atoms with Crippen LogP contribution in [0.1, 0.15) is 106 Å². The van der Waals surface area contributed by atoms with Gasteiger partial charge in [0.2, 0.25) is 0 Å². The van der Waals surface area contributed by atoms with Crippen molar-refractivity contribution in [2.75, 3.05) is 6.61 Å². The highest BCUT2D eigenvalue weighted by Crippen LogP contribution is 2.20. The Hall–Kier alpha value is -2.08. The predicted octanol–water partition coefficient (Wildman–Crippen LogP) is 5.84. The summed E-state index contributed by atoms with van der Waals surface area (Å²) in [5.41, 5.74) is 0.601. The second-order valence-electron chi connectivity index (χ2n) is 7.66. The number of unbranched alkanes of at least 4 members (excludes halogenated alkanes) is 11. The number of carbonyl (C=O) groups is 1. The van der Waals surface area contributed by atoms with Gasteiger partial charge >= 0.3 is 0 Å². The molecular weight excluding hydrogens is 364 g/mol. The number of rotatable bonds is 17. The van der Waals surface area contributed by atoms with E-state index in [1.165, 1.54) is 64.2 Å². The molecule has 6 heteroatoms. The maximum atomic E-state index is 12.8. The first-order valence-corrected chi connectivity index (χ1v) is 11.3. The van der Waals surface area contributed by atoms with Crippen molar-refractivity contribution in [1.82, 2.24) is 20.6 Å². The van der Waals surface area contributed by atoms with E-state index in [0.29, 0.717) is 18.0 Å². The van der Waals surface area contributed by atoms with E-state index in [0.717, 1.165) is 12.8 Å². The Morgan fingerprint density at radius 2 is 1.48 bits per heavy atom. The summed E-state index contributed by atoms with van der Waals surface area (Å²) in [6.45, 7) is 2.79. The molecule has 1 heterocycles. The van der Waals surface area contributed by atoms with E-state index in [1.54, 1.807) is 12.1 Å². The number of H-pyrrole nitrogens is 1. The van der Waals surface area contributed by atoms with E-state index in [4.69, 9.17) is 4.74 Å². The van der Waals surface area contributed by atoms with Gasteiger partial charge in [-0.05, 0) is 16.8 Å². The largest absolute Gasteiger partial charge is 0.362 e. The maximum absolute atomic E-state index is 12.8. The first-order valence-electron chi connectivity index (χ1n) is 11.3. The Morgan fingerprint density at radius 1 is 0.897 bits per heavy atom. The summed E-state index contributed by atoms with van der Waals surface area (Å²) in [6.07, 6.45) is 14.7. The lowest BCUT2D eigenvalue weighted by molar-refractivity contribution is 0.0358. The van der Waals surface area contributed by atoms with E-state index >= 15 is 0 Å². The van der Waals surface area contributed by atoms with Crippen molar-refractivity contribution in [2.45, 2.75) is 90.1 Å². The van der Waals surface area contributed by atoms with Gasteiger partial charge in [-0.1, -0.05) is 108 Å². The molecule has 0 saturated carbocycles. The number of ether oxygens (including phenoxy) is 1. The van der Waals surface area contributed by atoms with Crippen LogP contribution in [-0.4, -0.2) is 33.0 Å². The van der Waals surface area contributed by atoms with Gasteiger partial charge in [-0.3, -0.25) is 4.79 Å². The number of nitrogens with one attached hydrogen (secondary N) is 1. The van der Waals surface area contributed by atoms with Crippen LogP contribution in [0.2, 0.25) is 0 Å². The van der Waals surface area contributed by atoms with E-state index in [2.05, 4.69) is 27.5 Å². The third-order valence-corrected chi connectivity index (χ3v) is 5.19. The van der Waals surface area contributed by atoms with Crippen molar-refractivity contribution in [3.63, 3.8) is 0 Å².